The fourth-order valence-electron chi connectivity index (χ4n) is 7.18. The Labute approximate surface area is 280 Å². The molecule has 2 saturated heterocycles. The molecule has 0 spiro atoms. The van der Waals surface area contributed by atoms with Crippen molar-refractivity contribution >= 4 is 42.2 Å². The molecule has 14 nitrogen and oxygen atoms in total. The number of likely N-dealkylation sites (tertiary alicyclic amines) is 2. The molecule has 264 valence electrons. The molecule has 0 aromatic rings. The van der Waals surface area contributed by atoms with Crippen molar-refractivity contribution in [3.8, 4) is 0 Å². The molecule has 0 aromatic carbocycles. The average Bonchev–Trinajstić information content (AvgIpc) is 3.06. The smallest absolute Gasteiger partial charge is 0.405 e. The van der Waals surface area contributed by atoms with E-state index in [2.05, 4.69) is 16.0 Å². The number of nitrogens with zero attached hydrogens (tertiary/aromatic N) is 2. The van der Waals surface area contributed by atoms with Gasteiger partial charge in [-0.3, -0.25) is 20.4 Å². The maximum Gasteiger partial charge on any atom is 0.405 e. The molecule has 2 aliphatic heterocycles. The molecule has 46 heavy (non-hydrogen) atoms. The number of hydrogen-bond donors (Lipinski definition) is 9. The standard InChI is InChI=1S/C16H29N5O3.C15H29N5O.ClH/c17-15(18)21-8-6-11(7-9-21)10-19-14(22)13(20-16(23)24)12-4-2-1-3-5-12;16-13(12-4-2-1-3-5-12)14(21)19-10-11-6-8-20(9-7-11)15(17)18;/h11-13,20H,1-10H2,(H3,17,18)(H,19,22)(H,23,24);11-13H,1-10,16H2,(H3,17,18)(H,19,21);1H/t2*13-;/m00./s1. The Morgan fingerprint density at radius 2 is 1.07 bits per heavy atom. The minimum atomic E-state index is -1.14. The number of guanidine groups is 2. The third-order valence-corrected chi connectivity index (χ3v) is 10.2. The van der Waals surface area contributed by atoms with Crippen molar-refractivity contribution in [2.24, 2.45) is 40.9 Å². The van der Waals surface area contributed by atoms with Crippen LogP contribution in [0.4, 0.5) is 4.79 Å². The highest BCUT2D eigenvalue weighted by Crippen LogP contribution is 2.27. The van der Waals surface area contributed by atoms with Gasteiger partial charge >= 0.3 is 6.09 Å². The van der Waals surface area contributed by atoms with E-state index in [1.54, 1.807) is 0 Å². The lowest BCUT2D eigenvalue weighted by Gasteiger charge is -2.33. The fraction of sp³-hybridized carbons (Fsp3) is 0.839. The molecule has 0 bridgehead atoms. The first-order valence-electron chi connectivity index (χ1n) is 17.0. The van der Waals surface area contributed by atoms with E-state index in [0.717, 1.165) is 96.8 Å². The van der Waals surface area contributed by atoms with E-state index in [1.165, 1.54) is 19.3 Å². The second-order valence-electron chi connectivity index (χ2n) is 13.4. The topological polar surface area (TPSA) is 240 Å². The molecule has 0 radical (unpaired) electrons. The van der Waals surface area contributed by atoms with E-state index in [1.807, 2.05) is 9.80 Å². The van der Waals surface area contributed by atoms with Crippen LogP contribution >= 0.6 is 12.4 Å². The molecule has 12 N–H and O–H groups in total. The summed E-state index contributed by atoms with van der Waals surface area (Å²) in [6.07, 6.45) is 13.5. The maximum atomic E-state index is 12.5. The molecule has 2 saturated carbocycles. The zero-order valence-electron chi connectivity index (χ0n) is 27.3. The zero-order chi connectivity index (χ0) is 32.8. The molecule has 0 aromatic heterocycles. The van der Waals surface area contributed by atoms with Gasteiger partial charge in [0.25, 0.3) is 0 Å². The van der Waals surface area contributed by atoms with Gasteiger partial charge in [0, 0.05) is 39.3 Å². The molecule has 4 rings (SSSR count). The second-order valence-corrected chi connectivity index (χ2v) is 13.4. The Morgan fingerprint density at radius 1 is 0.674 bits per heavy atom. The first-order valence-corrected chi connectivity index (χ1v) is 17.0. The zero-order valence-corrected chi connectivity index (χ0v) is 28.1. The Balaban J connectivity index is 0.000000316. The van der Waals surface area contributed by atoms with E-state index in [4.69, 9.17) is 33.1 Å². The average molecular weight is 671 g/mol. The molecule has 15 heteroatoms. The number of carbonyl (C=O) groups excluding carboxylic acids is 2. The summed E-state index contributed by atoms with van der Waals surface area (Å²) in [6.45, 7) is 4.33. The van der Waals surface area contributed by atoms with E-state index in [-0.39, 0.29) is 48.1 Å². The van der Waals surface area contributed by atoms with Gasteiger partial charge < -0.3 is 48.1 Å². The molecule has 3 amide bonds. The van der Waals surface area contributed by atoms with E-state index >= 15 is 0 Å². The molecule has 0 unspecified atom stereocenters. The lowest BCUT2D eigenvalue weighted by molar-refractivity contribution is -0.125. The molecule has 4 fully saturated rings. The quantitative estimate of drug-likeness (QED) is 0.128. The van der Waals surface area contributed by atoms with E-state index in [9.17, 15) is 14.4 Å². The molecule has 2 atom stereocenters. The molecular weight excluding hydrogens is 612 g/mol. The summed E-state index contributed by atoms with van der Waals surface area (Å²) in [4.78, 5) is 39.4. The Kier molecular flexibility index (Phi) is 17.3. The molecule has 2 aliphatic carbocycles. The van der Waals surface area contributed by atoms with Gasteiger partial charge in [-0.1, -0.05) is 38.5 Å². The summed E-state index contributed by atoms with van der Waals surface area (Å²) in [6, 6.07) is -0.997. The molecular formula is C31H59ClN10O4. The first-order chi connectivity index (χ1) is 21.5. The van der Waals surface area contributed by atoms with Crippen LogP contribution in [0.15, 0.2) is 0 Å². The van der Waals surface area contributed by atoms with Gasteiger partial charge in [-0.15, -0.1) is 12.4 Å². The lowest BCUT2D eigenvalue weighted by Crippen LogP contribution is -2.52. The summed E-state index contributed by atoms with van der Waals surface area (Å²) >= 11 is 0. The van der Waals surface area contributed by atoms with Crippen LogP contribution in [0, 0.1) is 34.5 Å². The summed E-state index contributed by atoms with van der Waals surface area (Å²) in [5.74, 6) is 1.32. The third kappa shape index (κ3) is 13.0. The van der Waals surface area contributed by atoms with Crippen LogP contribution in [0.25, 0.3) is 0 Å². The van der Waals surface area contributed by atoms with Crippen LogP contribution < -0.4 is 33.2 Å². The predicted octanol–water partition coefficient (Wildman–Crippen LogP) is 1.96. The number of hydrogen-bond acceptors (Lipinski definition) is 6. The van der Waals surface area contributed by atoms with Gasteiger partial charge in [0.1, 0.15) is 6.04 Å². The summed E-state index contributed by atoms with van der Waals surface area (Å²) < 4.78 is 0. The first kappa shape index (κ1) is 39.2. The normalized spacial score (nSPS) is 21.4. The number of nitrogens with one attached hydrogen (secondary N) is 5. The number of carboxylic acid groups (broad SMARTS) is 1. The van der Waals surface area contributed by atoms with Crippen molar-refractivity contribution in [2.75, 3.05) is 39.3 Å². The molecule has 4 aliphatic rings. The van der Waals surface area contributed by atoms with Gasteiger partial charge in [-0.2, -0.15) is 0 Å². The van der Waals surface area contributed by atoms with Gasteiger partial charge in [0.2, 0.25) is 11.8 Å². The Hall–Kier alpha value is -3.00. The van der Waals surface area contributed by atoms with Crippen molar-refractivity contribution in [3.63, 3.8) is 0 Å². The fourth-order valence-corrected chi connectivity index (χ4v) is 7.18. The predicted molar refractivity (Wildman–Crippen MR) is 182 cm³/mol. The van der Waals surface area contributed by atoms with Crippen LogP contribution in [-0.2, 0) is 9.59 Å². The van der Waals surface area contributed by atoms with Gasteiger partial charge in [0.15, 0.2) is 11.9 Å². The lowest BCUT2D eigenvalue weighted by atomic mass is 9.83. The number of nitrogens with two attached hydrogens (primary N) is 3. The number of piperidine rings is 2. The van der Waals surface area contributed by atoms with Gasteiger partial charge in [-0.25, -0.2) is 4.79 Å². The number of carbonyl (C=O) groups is 3. The van der Waals surface area contributed by atoms with Crippen LogP contribution in [0.3, 0.4) is 0 Å². The maximum absolute atomic E-state index is 12.5. The Bertz CT molecular complexity index is 976. The second kappa shape index (κ2) is 20.3. The Morgan fingerprint density at radius 3 is 1.46 bits per heavy atom. The number of rotatable bonds is 9. The van der Waals surface area contributed by atoms with Crippen molar-refractivity contribution in [1.29, 1.82) is 10.8 Å². The van der Waals surface area contributed by atoms with Gasteiger partial charge in [0.05, 0.1) is 6.04 Å². The largest absolute Gasteiger partial charge is 0.465 e. The van der Waals surface area contributed by atoms with Crippen molar-refractivity contribution in [1.82, 2.24) is 25.8 Å². The van der Waals surface area contributed by atoms with Crippen LogP contribution in [0.5, 0.6) is 0 Å². The van der Waals surface area contributed by atoms with Crippen molar-refractivity contribution in [3.05, 3.63) is 0 Å². The number of amides is 3. The van der Waals surface area contributed by atoms with Crippen LogP contribution in [0.2, 0.25) is 0 Å². The SMILES string of the molecule is Cl.N=C(N)N1CCC(CNC(=O)[C@@H](N)C2CCCCC2)CC1.N=C(N)N1CCC(CNC(=O)[C@@H](NC(=O)O)C2CCCCC2)CC1. The van der Waals surface area contributed by atoms with Crippen molar-refractivity contribution in [2.45, 2.75) is 102 Å². The molecule has 2 heterocycles. The van der Waals surface area contributed by atoms with Gasteiger partial charge in [-0.05, 0) is 75.0 Å². The highest BCUT2D eigenvalue weighted by molar-refractivity contribution is 5.86. The van der Waals surface area contributed by atoms with Crippen LogP contribution in [-0.4, -0.2) is 96.1 Å². The van der Waals surface area contributed by atoms with Crippen molar-refractivity contribution < 1.29 is 19.5 Å². The van der Waals surface area contributed by atoms with E-state index < -0.39 is 12.1 Å². The third-order valence-electron chi connectivity index (χ3n) is 10.2. The highest BCUT2D eigenvalue weighted by Gasteiger charge is 2.32. The monoisotopic (exact) mass is 670 g/mol. The summed E-state index contributed by atoms with van der Waals surface area (Å²) in [5, 5.41) is 32.2. The summed E-state index contributed by atoms with van der Waals surface area (Å²) in [5.41, 5.74) is 17.1. The van der Waals surface area contributed by atoms with E-state index in [0.29, 0.717) is 30.8 Å². The minimum Gasteiger partial charge on any atom is -0.465 e. The highest BCUT2D eigenvalue weighted by atomic mass is 35.5. The summed E-state index contributed by atoms with van der Waals surface area (Å²) in [7, 11) is 0. The van der Waals surface area contributed by atoms with Crippen LogP contribution in [0.1, 0.15) is 89.9 Å². The minimum absolute atomic E-state index is 0. The number of halogens is 1.